The van der Waals surface area contributed by atoms with Gasteiger partial charge in [-0.1, -0.05) is 24.3 Å². The summed E-state index contributed by atoms with van der Waals surface area (Å²) in [5, 5.41) is 12.2. The minimum Gasteiger partial charge on any atom is -0.481 e. The third-order valence-electron chi connectivity index (χ3n) is 5.66. The van der Waals surface area contributed by atoms with Crippen LogP contribution in [-0.4, -0.2) is 53.3 Å². The molecule has 0 bridgehead atoms. The van der Waals surface area contributed by atoms with E-state index >= 15 is 0 Å². The van der Waals surface area contributed by atoms with Crippen molar-refractivity contribution in [2.75, 3.05) is 31.2 Å². The SMILES string of the molecule is Cc1ccccc1[C@H](CC(=O)O)NC(=O)c1cncc(-c2ccnc(N3CCOCC3)c2)c1. The largest absolute Gasteiger partial charge is 0.481 e. The lowest BCUT2D eigenvalue weighted by atomic mass is 9.98. The number of aryl methyl sites for hydroxylation is 1. The monoisotopic (exact) mass is 446 g/mol. The zero-order chi connectivity index (χ0) is 23.2. The molecule has 4 rings (SSSR count). The maximum Gasteiger partial charge on any atom is 0.305 e. The van der Waals surface area contributed by atoms with Gasteiger partial charge in [0.1, 0.15) is 5.82 Å². The van der Waals surface area contributed by atoms with Crippen LogP contribution in [0.1, 0.15) is 33.9 Å². The first kappa shape index (κ1) is 22.4. The molecule has 8 nitrogen and oxygen atoms in total. The molecule has 170 valence electrons. The fourth-order valence-electron chi connectivity index (χ4n) is 3.92. The van der Waals surface area contributed by atoms with Crippen LogP contribution in [0.5, 0.6) is 0 Å². The molecule has 8 heteroatoms. The molecule has 1 atom stereocenters. The first-order valence-corrected chi connectivity index (χ1v) is 10.8. The second kappa shape index (κ2) is 10.2. The Balaban J connectivity index is 1.56. The van der Waals surface area contributed by atoms with Gasteiger partial charge in [0.05, 0.1) is 31.2 Å². The number of ether oxygens (including phenoxy) is 1. The Labute approximate surface area is 192 Å². The average molecular weight is 447 g/mol. The minimum atomic E-state index is -0.983. The molecule has 0 unspecified atom stereocenters. The number of benzene rings is 1. The van der Waals surface area contributed by atoms with Gasteiger partial charge in [-0.2, -0.15) is 0 Å². The Morgan fingerprint density at radius 2 is 1.91 bits per heavy atom. The molecule has 0 saturated carbocycles. The Morgan fingerprint density at radius 3 is 2.67 bits per heavy atom. The molecule has 2 aromatic heterocycles. The Hall–Kier alpha value is -3.78. The molecule has 0 aliphatic carbocycles. The zero-order valence-corrected chi connectivity index (χ0v) is 18.4. The summed E-state index contributed by atoms with van der Waals surface area (Å²) in [6.07, 6.45) is 4.72. The number of nitrogens with zero attached hydrogens (tertiary/aromatic N) is 3. The Morgan fingerprint density at radius 1 is 1.12 bits per heavy atom. The van der Waals surface area contributed by atoms with E-state index in [0.29, 0.717) is 18.8 Å². The van der Waals surface area contributed by atoms with E-state index in [1.54, 1.807) is 18.5 Å². The Kier molecular flexibility index (Phi) is 6.95. The van der Waals surface area contributed by atoms with Gasteiger partial charge in [0.2, 0.25) is 0 Å². The van der Waals surface area contributed by atoms with Crippen LogP contribution >= 0.6 is 0 Å². The van der Waals surface area contributed by atoms with Crippen molar-refractivity contribution in [1.82, 2.24) is 15.3 Å². The summed E-state index contributed by atoms with van der Waals surface area (Å²) in [5.41, 5.74) is 3.74. The van der Waals surface area contributed by atoms with E-state index in [9.17, 15) is 14.7 Å². The second-order valence-electron chi connectivity index (χ2n) is 7.94. The molecule has 3 heterocycles. The zero-order valence-electron chi connectivity index (χ0n) is 18.4. The normalized spacial score (nSPS) is 14.5. The van der Waals surface area contributed by atoms with Gasteiger partial charge in [-0.25, -0.2) is 4.98 Å². The van der Waals surface area contributed by atoms with Crippen molar-refractivity contribution in [3.05, 3.63) is 77.7 Å². The molecule has 3 aromatic rings. The topological polar surface area (TPSA) is 105 Å². The summed E-state index contributed by atoms with van der Waals surface area (Å²) in [4.78, 5) is 35.4. The highest BCUT2D eigenvalue weighted by molar-refractivity contribution is 5.95. The van der Waals surface area contributed by atoms with Crippen LogP contribution in [0.4, 0.5) is 5.82 Å². The van der Waals surface area contributed by atoms with E-state index in [-0.39, 0.29) is 12.3 Å². The number of amides is 1. The summed E-state index contributed by atoms with van der Waals surface area (Å²) in [6, 6.07) is 12.4. The molecular weight excluding hydrogens is 420 g/mol. The van der Waals surface area contributed by atoms with E-state index in [2.05, 4.69) is 20.2 Å². The molecule has 0 radical (unpaired) electrons. The first-order valence-electron chi connectivity index (χ1n) is 10.8. The van der Waals surface area contributed by atoms with Gasteiger partial charge >= 0.3 is 5.97 Å². The number of hydrogen-bond acceptors (Lipinski definition) is 6. The fourth-order valence-corrected chi connectivity index (χ4v) is 3.92. The summed E-state index contributed by atoms with van der Waals surface area (Å²) in [6.45, 7) is 4.79. The molecule has 33 heavy (non-hydrogen) atoms. The number of anilines is 1. The maximum absolute atomic E-state index is 13.0. The van der Waals surface area contributed by atoms with E-state index in [0.717, 1.165) is 41.2 Å². The number of carbonyl (C=O) groups is 2. The van der Waals surface area contributed by atoms with Gasteiger partial charge in [0, 0.05) is 37.2 Å². The van der Waals surface area contributed by atoms with Crippen molar-refractivity contribution in [3.8, 4) is 11.1 Å². The molecule has 1 aliphatic heterocycles. The summed E-state index contributed by atoms with van der Waals surface area (Å²) < 4.78 is 5.41. The van der Waals surface area contributed by atoms with Crippen LogP contribution in [0.15, 0.2) is 61.1 Å². The van der Waals surface area contributed by atoms with Crippen molar-refractivity contribution < 1.29 is 19.4 Å². The summed E-state index contributed by atoms with van der Waals surface area (Å²) in [5.74, 6) is -0.504. The minimum absolute atomic E-state index is 0.211. The highest BCUT2D eigenvalue weighted by atomic mass is 16.5. The lowest BCUT2D eigenvalue weighted by Gasteiger charge is -2.28. The molecule has 1 amide bonds. The third-order valence-corrected chi connectivity index (χ3v) is 5.66. The maximum atomic E-state index is 13.0. The van der Waals surface area contributed by atoms with E-state index in [1.165, 1.54) is 6.20 Å². The number of hydrogen-bond donors (Lipinski definition) is 2. The van der Waals surface area contributed by atoms with E-state index < -0.39 is 12.0 Å². The van der Waals surface area contributed by atoms with Gasteiger partial charge in [0.15, 0.2) is 0 Å². The number of carboxylic acids is 1. The van der Waals surface area contributed by atoms with Crippen LogP contribution in [0.3, 0.4) is 0 Å². The van der Waals surface area contributed by atoms with Crippen molar-refractivity contribution in [3.63, 3.8) is 0 Å². The van der Waals surface area contributed by atoms with Crippen molar-refractivity contribution in [2.45, 2.75) is 19.4 Å². The van der Waals surface area contributed by atoms with Gasteiger partial charge in [-0.3, -0.25) is 14.6 Å². The number of carbonyl (C=O) groups excluding carboxylic acids is 1. The van der Waals surface area contributed by atoms with Crippen LogP contribution in [-0.2, 0) is 9.53 Å². The quantitative estimate of drug-likeness (QED) is 0.574. The van der Waals surface area contributed by atoms with Crippen LogP contribution < -0.4 is 10.2 Å². The smallest absolute Gasteiger partial charge is 0.305 e. The lowest BCUT2D eigenvalue weighted by Crippen LogP contribution is -2.36. The summed E-state index contributed by atoms with van der Waals surface area (Å²) >= 11 is 0. The highest BCUT2D eigenvalue weighted by Gasteiger charge is 2.21. The number of carboxylic acid groups (broad SMARTS) is 1. The molecule has 1 saturated heterocycles. The van der Waals surface area contributed by atoms with Gasteiger partial charge in [-0.15, -0.1) is 0 Å². The molecule has 1 aromatic carbocycles. The summed E-state index contributed by atoms with van der Waals surface area (Å²) in [7, 11) is 0. The standard InChI is InChI=1S/C25H26N4O4/c1-17-4-2-3-5-21(17)22(14-24(30)31)28-25(32)20-12-19(15-26-16-20)18-6-7-27-23(13-18)29-8-10-33-11-9-29/h2-7,12-13,15-16,22H,8-11,14H2,1H3,(H,28,32)(H,30,31)/t22-/m0/s1. The predicted molar refractivity (Wildman–Crippen MR) is 124 cm³/mol. The number of aromatic nitrogens is 2. The highest BCUT2D eigenvalue weighted by Crippen LogP contribution is 2.25. The van der Waals surface area contributed by atoms with Crippen molar-refractivity contribution in [2.24, 2.45) is 0 Å². The van der Waals surface area contributed by atoms with Crippen LogP contribution in [0, 0.1) is 6.92 Å². The van der Waals surface area contributed by atoms with Gasteiger partial charge < -0.3 is 20.1 Å². The molecule has 1 fully saturated rings. The van der Waals surface area contributed by atoms with Crippen LogP contribution in [0.25, 0.3) is 11.1 Å². The number of rotatable bonds is 7. The van der Waals surface area contributed by atoms with E-state index in [4.69, 9.17) is 4.74 Å². The van der Waals surface area contributed by atoms with Gasteiger partial charge in [-0.05, 0) is 41.8 Å². The molecule has 2 N–H and O–H groups in total. The number of morpholine rings is 1. The van der Waals surface area contributed by atoms with Gasteiger partial charge in [0.25, 0.3) is 5.91 Å². The third kappa shape index (κ3) is 5.53. The van der Waals surface area contributed by atoms with E-state index in [1.807, 2.05) is 43.3 Å². The lowest BCUT2D eigenvalue weighted by molar-refractivity contribution is -0.137. The number of nitrogens with one attached hydrogen (secondary N) is 1. The van der Waals surface area contributed by atoms with Crippen LogP contribution in [0.2, 0.25) is 0 Å². The fraction of sp³-hybridized carbons (Fsp3) is 0.280. The number of pyridine rings is 2. The molecule has 0 spiro atoms. The molecule has 1 aliphatic rings. The number of aliphatic carboxylic acids is 1. The van der Waals surface area contributed by atoms with Crippen molar-refractivity contribution >= 4 is 17.7 Å². The van der Waals surface area contributed by atoms with Crippen molar-refractivity contribution in [1.29, 1.82) is 0 Å². The second-order valence-corrected chi connectivity index (χ2v) is 7.94. The average Bonchev–Trinajstić information content (AvgIpc) is 2.84. The Bertz CT molecular complexity index is 1140. The molecular formula is C25H26N4O4. The first-order chi connectivity index (χ1) is 16.0. The predicted octanol–water partition coefficient (Wildman–Crippen LogP) is 3.23.